The molecule has 5 nitrogen and oxygen atoms in total. The Morgan fingerprint density at radius 1 is 1.16 bits per heavy atom. The quantitative estimate of drug-likeness (QED) is 0.820. The molecule has 2 aliphatic rings. The summed E-state index contributed by atoms with van der Waals surface area (Å²) >= 11 is 0. The summed E-state index contributed by atoms with van der Waals surface area (Å²) in [6.45, 7) is 13.2. The van der Waals surface area contributed by atoms with Gasteiger partial charge in [0.05, 0.1) is 13.2 Å². The Labute approximate surface area is 152 Å². The second kappa shape index (κ2) is 9.53. The second-order valence-corrected chi connectivity index (χ2v) is 7.64. The molecule has 0 aliphatic carbocycles. The molecule has 1 N–H and O–H groups in total. The van der Waals surface area contributed by atoms with Crippen molar-refractivity contribution in [2.24, 2.45) is 11.8 Å². The zero-order chi connectivity index (χ0) is 17.5. The minimum atomic E-state index is 0.764. The van der Waals surface area contributed by atoms with E-state index in [1.807, 2.05) is 0 Å². The van der Waals surface area contributed by atoms with Crippen LogP contribution in [0.3, 0.4) is 0 Å². The van der Waals surface area contributed by atoms with Gasteiger partial charge < -0.3 is 9.47 Å². The monoisotopic (exact) mass is 347 g/mol. The molecule has 5 heteroatoms. The van der Waals surface area contributed by atoms with Crippen molar-refractivity contribution in [1.29, 1.82) is 0 Å². The van der Waals surface area contributed by atoms with Crippen molar-refractivity contribution in [3.63, 3.8) is 0 Å². The van der Waals surface area contributed by atoms with Gasteiger partial charge in [0, 0.05) is 39.3 Å². The lowest BCUT2D eigenvalue weighted by Crippen LogP contribution is -2.45. The zero-order valence-corrected chi connectivity index (χ0v) is 15.7. The first-order chi connectivity index (χ1) is 12.2. The molecule has 0 spiro atoms. The average Bonchev–Trinajstić information content (AvgIpc) is 2.60. The van der Waals surface area contributed by atoms with E-state index in [4.69, 9.17) is 9.47 Å². The highest BCUT2D eigenvalue weighted by atomic mass is 16.5. The zero-order valence-electron chi connectivity index (χ0n) is 15.7. The fourth-order valence-corrected chi connectivity index (χ4v) is 3.94. The molecule has 0 unspecified atom stereocenters. The topological polar surface area (TPSA) is 37.0 Å². The van der Waals surface area contributed by atoms with Gasteiger partial charge in [0.2, 0.25) is 0 Å². The molecule has 1 aromatic carbocycles. The highest BCUT2D eigenvalue weighted by molar-refractivity contribution is 5.28. The lowest BCUT2D eigenvalue weighted by Gasteiger charge is -2.34. The summed E-state index contributed by atoms with van der Waals surface area (Å²) in [5.41, 5.74) is 4.73. The second-order valence-electron chi connectivity index (χ2n) is 7.64. The molecule has 0 aromatic heterocycles. The first-order valence-corrected chi connectivity index (χ1v) is 9.69. The van der Waals surface area contributed by atoms with Gasteiger partial charge in [0.1, 0.15) is 12.4 Å². The van der Waals surface area contributed by atoms with E-state index < -0.39 is 0 Å². The van der Waals surface area contributed by atoms with Gasteiger partial charge >= 0.3 is 0 Å². The van der Waals surface area contributed by atoms with E-state index in [-0.39, 0.29) is 0 Å². The number of hydrazine groups is 1. The predicted octanol–water partition coefficient (Wildman–Crippen LogP) is 2.38. The Hall–Kier alpha value is -1.14. The van der Waals surface area contributed by atoms with Gasteiger partial charge in [0.15, 0.2) is 0 Å². The summed E-state index contributed by atoms with van der Waals surface area (Å²) in [6.07, 6.45) is 1.36. The maximum Gasteiger partial charge on any atom is 0.119 e. The summed E-state index contributed by atoms with van der Waals surface area (Å²) in [4.78, 5) is 2.54. The predicted molar refractivity (Wildman–Crippen MR) is 101 cm³/mol. The van der Waals surface area contributed by atoms with Crippen molar-refractivity contribution in [2.45, 2.75) is 26.8 Å². The highest BCUT2D eigenvalue weighted by Crippen LogP contribution is 2.20. The first kappa shape index (κ1) is 18.6. The van der Waals surface area contributed by atoms with Gasteiger partial charge in [0.25, 0.3) is 0 Å². The van der Waals surface area contributed by atoms with E-state index >= 15 is 0 Å². The third-order valence-electron chi connectivity index (χ3n) is 5.04. The van der Waals surface area contributed by atoms with Crippen LogP contribution in [-0.2, 0) is 11.3 Å². The minimum Gasteiger partial charge on any atom is -0.492 e. The average molecular weight is 348 g/mol. The number of morpholine rings is 1. The third kappa shape index (κ3) is 6.26. The maximum atomic E-state index is 6.01. The van der Waals surface area contributed by atoms with Gasteiger partial charge in [-0.05, 0) is 36.0 Å². The van der Waals surface area contributed by atoms with Crippen LogP contribution in [0.1, 0.15) is 25.8 Å². The number of likely N-dealkylation sites (tertiary alicyclic amines) is 1. The molecule has 2 saturated heterocycles. The van der Waals surface area contributed by atoms with E-state index in [0.29, 0.717) is 0 Å². The van der Waals surface area contributed by atoms with Crippen LogP contribution in [0, 0.1) is 11.8 Å². The lowest BCUT2D eigenvalue weighted by molar-refractivity contribution is 0.0105. The van der Waals surface area contributed by atoms with E-state index in [1.54, 1.807) is 0 Å². The van der Waals surface area contributed by atoms with Crippen LogP contribution in [-0.4, -0.2) is 62.5 Å². The third-order valence-corrected chi connectivity index (χ3v) is 5.04. The van der Waals surface area contributed by atoms with Crippen molar-refractivity contribution in [1.82, 2.24) is 15.3 Å². The Kier molecular flexibility index (Phi) is 7.11. The molecule has 2 heterocycles. The van der Waals surface area contributed by atoms with E-state index in [0.717, 1.165) is 63.6 Å². The smallest absolute Gasteiger partial charge is 0.119 e. The van der Waals surface area contributed by atoms with Crippen molar-refractivity contribution in [2.75, 3.05) is 52.5 Å². The summed E-state index contributed by atoms with van der Waals surface area (Å²) < 4.78 is 11.4. The number of hydrogen-bond acceptors (Lipinski definition) is 5. The molecule has 1 aromatic rings. The number of piperidine rings is 1. The molecule has 0 saturated carbocycles. The Balaban J connectivity index is 1.40. The highest BCUT2D eigenvalue weighted by Gasteiger charge is 2.21. The molecule has 0 radical (unpaired) electrons. The standard InChI is InChI=1S/C20H33N3O2/c1-17-12-18(2)16-22(15-17)6-11-25-20-5-3-4-19(13-20)14-21-23-7-9-24-10-8-23/h3-5,13,17-18,21H,6-12,14-16H2,1-2H3/t17-,18-/m0/s1. The molecule has 25 heavy (non-hydrogen) atoms. The number of rotatable bonds is 7. The van der Waals surface area contributed by atoms with E-state index in [2.05, 4.69) is 53.4 Å². The van der Waals surface area contributed by atoms with Gasteiger partial charge in [-0.3, -0.25) is 10.3 Å². The normalized spacial score (nSPS) is 25.8. The lowest BCUT2D eigenvalue weighted by atomic mass is 9.92. The number of nitrogens with one attached hydrogen (secondary N) is 1. The van der Waals surface area contributed by atoms with Crippen LogP contribution in [0.25, 0.3) is 0 Å². The van der Waals surface area contributed by atoms with Crippen molar-refractivity contribution >= 4 is 0 Å². The van der Waals surface area contributed by atoms with Gasteiger partial charge in [-0.1, -0.05) is 26.0 Å². The number of ether oxygens (including phenoxy) is 2. The Bertz CT molecular complexity index is 509. The molecule has 2 atom stereocenters. The molecular formula is C20H33N3O2. The fourth-order valence-electron chi connectivity index (χ4n) is 3.94. The first-order valence-electron chi connectivity index (χ1n) is 9.69. The van der Waals surface area contributed by atoms with E-state index in [9.17, 15) is 0 Å². The van der Waals surface area contributed by atoms with Crippen LogP contribution in [0.15, 0.2) is 24.3 Å². The molecule has 2 fully saturated rings. The summed E-state index contributed by atoms with van der Waals surface area (Å²) in [6, 6.07) is 8.43. The Morgan fingerprint density at radius 3 is 2.68 bits per heavy atom. The summed E-state index contributed by atoms with van der Waals surface area (Å²) in [7, 11) is 0. The van der Waals surface area contributed by atoms with Gasteiger partial charge in [-0.15, -0.1) is 0 Å². The summed E-state index contributed by atoms with van der Waals surface area (Å²) in [5.74, 6) is 2.58. The van der Waals surface area contributed by atoms with Crippen LogP contribution in [0.2, 0.25) is 0 Å². The van der Waals surface area contributed by atoms with Gasteiger partial charge in [-0.25, -0.2) is 5.01 Å². The molecule has 140 valence electrons. The van der Waals surface area contributed by atoms with Crippen molar-refractivity contribution in [3.8, 4) is 5.75 Å². The van der Waals surface area contributed by atoms with Crippen LogP contribution >= 0.6 is 0 Å². The van der Waals surface area contributed by atoms with Crippen LogP contribution in [0.5, 0.6) is 5.75 Å². The Morgan fingerprint density at radius 2 is 1.92 bits per heavy atom. The SMILES string of the molecule is C[C@H]1C[C@H](C)CN(CCOc2cccc(CNN3CCOCC3)c2)C1. The molecule has 2 aliphatic heterocycles. The number of hydrogen-bond donors (Lipinski definition) is 1. The summed E-state index contributed by atoms with van der Waals surface area (Å²) in [5, 5.41) is 2.23. The van der Waals surface area contributed by atoms with Crippen LogP contribution < -0.4 is 10.2 Å². The number of benzene rings is 1. The van der Waals surface area contributed by atoms with Crippen molar-refractivity contribution in [3.05, 3.63) is 29.8 Å². The molecule has 3 rings (SSSR count). The van der Waals surface area contributed by atoms with E-state index in [1.165, 1.54) is 25.1 Å². The largest absolute Gasteiger partial charge is 0.492 e. The van der Waals surface area contributed by atoms with Gasteiger partial charge in [-0.2, -0.15) is 0 Å². The maximum absolute atomic E-state index is 6.01. The van der Waals surface area contributed by atoms with Crippen molar-refractivity contribution < 1.29 is 9.47 Å². The molecule has 0 bridgehead atoms. The number of nitrogens with zero attached hydrogens (tertiary/aromatic N) is 2. The molecular weight excluding hydrogens is 314 g/mol. The minimum absolute atomic E-state index is 0.764. The molecule has 0 amide bonds. The van der Waals surface area contributed by atoms with Crippen LogP contribution in [0.4, 0.5) is 0 Å². The fraction of sp³-hybridized carbons (Fsp3) is 0.700.